The third-order valence-corrected chi connectivity index (χ3v) is 2.70. The third kappa shape index (κ3) is 1.73. The Bertz CT molecular complexity index is 636. The number of fused-ring (bicyclic) bond motifs is 1. The minimum absolute atomic E-state index is 0.248. The molecular weight excluding hydrogens is 222 g/mol. The second-order valence-electron chi connectivity index (χ2n) is 3.74. The molecule has 0 amide bonds. The van der Waals surface area contributed by atoms with Crippen LogP contribution in [0.4, 0.5) is 0 Å². The van der Waals surface area contributed by atoms with Crippen LogP contribution >= 0.6 is 0 Å². The lowest BCUT2D eigenvalue weighted by molar-refractivity contribution is 0.0527. The monoisotopic (exact) mass is 235 g/mol. The molecule has 0 aliphatic heterocycles. The smallest absolute Gasteiger partial charge is 0.343 e. The van der Waals surface area contributed by atoms with E-state index in [1.807, 2.05) is 0 Å². The highest BCUT2D eigenvalue weighted by atomic mass is 16.5. The number of aromatic nitrogens is 1. The van der Waals surface area contributed by atoms with E-state index in [1.54, 1.807) is 20.8 Å². The summed E-state index contributed by atoms with van der Waals surface area (Å²) < 4.78 is 10.4. The van der Waals surface area contributed by atoms with Crippen LogP contribution in [-0.4, -0.2) is 17.6 Å². The summed E-state index contributed by atoms with van der Waals surface area (Å²) in [6, 6.07) is 0. The molecular formula is C12H13NO4. The van der Waals surface area contributed by atoms with Crippen LogP contribution in [0.3, 0.4) is 0 Å². The van der Waals surface area contributed by atoms with Gasteiger partial charge in [0.15, 0.2) is 5.58 Å². The maximum absolute atomic E-state index is 11.7. The molecule has 2 heterocycles. The number of carbonyl (C=O) groups excluding carboxylic acids is 1. The van der Waals surface area contributed by atoms with Crippen LogP contribution < -0.4 is 5.56 Å². The summed E-state index contributed by atoms with van der Waals surface area (Å²) in [7, 11) is 0. The van der Waals surface area contributed by atoms with Crippen molar-refractivity contribution in [1.82, 2.24) is 4.98 Å². The van der Waals surface area contributed by atoms with Crippen molar-refractivity contribution >= 4 is 16.9 Å². The zero-order valence-electron chi connectivity index (χ0n) is 9.92. The molecule has 0 aliphatic carbocycles. The summed E-state index contributed by atoms with van der Waals surface area (Å²) in [6.07, 6.45) is 1.32. The number of pyridine rings is 1. The molecule has 1 N–H and O–H groups in total. The Labute approximate surface area is 97.4 Å². The first-order chi connectivity index (χ1) is 8.06. The van der Waals surface area contributed by atoms with Crippen molar-refractivity contribution in [2.24, 2.45) is 0 Å². The fourth-order valence-corrected chi connectivity index (χ4v) is 1.73. The van der Waals surface area contributed by atoms with E-state index < -0.39 is 5.97 Å². The third-order valence-electron chi connectivity index (χ3n) is 2.70. The average Bonchev–Trinajstić information content (AvgIpc) is 2.57. The predicted molar refractivity (Wildman–Crippen MR) is 62.3 cm³/mol. The Morgan fingerprint density at radius 3 is 2.82 bits per heavy atom. The number of aryl methyl sites for hydroxylation is 2. The van der Waals surface area contributed by atoms with Gasteiger partial charge in [-0.3, -0.25) is 4.79 Å². The molecule has 2 aromatic rings. The number of esters is 1. The summed E-state index contributed by atoms with van der Waals surface area (Å²) in [4.78, 5) is 25.9. The van der Waals surface area contributed by atoms with Gasteiger partial charge in [-0.05, 0) is 20.8 Å². The van der Waals surface area contributed by atoms with Crippen molar-refractivity contribution < 1.29 is 13.9 Å². The SMILES string of the molecule is CCOC(=O)c1c[nH]c(=O)c2c(C)c(C)oc12. The molecule has 0 radical (unpaired) electrons. The molecule has 0 saturated heterocycles. The molecule has 0 spiro atoms. The lowest BCUT2D eigenvalue weighted by Crippen LogP contribution is -2.11. The molecule has 17 heavy (non-hydrogen) atoms. The Balaban J connectivity index is 2.75. The van der Waals surface area contributed by atoms with Gasteiger partial charge in [0.2, 0.25) is 0 Å². The molecule has 0 aliphatic rings. The Morgan fingerprint density at radius 2 is 2.18 bits per heavy atom. The first-order valence-electron chi connectivity index (χ1n) is 5.34. The lowest BCUT2D eigenvalue weighted by Gasteiger charge is -2.01. The van der Waals surface area contributed by atoms with E-state index in [2.05, 4.69) is 4.98 Å². The topological polar surface area (TPSA) is 72.3 Å². The number of H-pyrrole nitrogens is 1. The first-order valence-corrected chi connectivity index (χ1v) is 5.34. The molecule has 0 atom stereocenters. The standard InChI is InChI=1S/C12H13NO4/c1-4-16-12(15)8-5-13-11(14)9-6(2)7(3)17-10(8)9/h5H,4H2,1-3H3,(H,13,14). The summed E-state index contributed by atoms with van der Waals surface area (Å²) in [5.74, 6) is 0.129. The van der Waals surface area contributed by atoms with Crippen LogP contribution in [0.15, 0.2) is 15.4 Å². The van der Waals surface area contributed by atoms with Gasteiger partial charge in [0.05, 0.1) is 12.0 Å². The van der Waals surface area contributed by atoms with E-state index in [9.17, 15) is 9.59 Å². The second kappa shape index (κ2) is 4.08. The van der Waals surface area contributed by atoms with Gasteiger partial charge in [0, 0.05) is 11.8 Å². The molecule has 0 bridgehead atoms. The predicted octanol–water partition coefficient (Wildman–Crippen LogP) is 1.91. The lowest BCUT2D eigenvalue weighted by atomic mass is 10.1. The number of furan rings is 1. The Morgan fingerprint density at radius 1 is 1.47 bits per heavy atom. The van der Waals surface area contributed by atoms with Gasteiger partial charge in [-0.15, -0.1) is 0 Å². The minimum atomic E-state index is -0.498. The van der Waals surface area contributed by atoms with Crippen LogP contribution in [-0.2, 0) is 4.74 Å². The largest absolute Gasteiger partial charge is 0.462 e. The van der Waals surface area contributed by atoms with E-state index in [1.165, 1.54) is 6.20 Å². The number of rotatable bonds is 2. The zero-order valence-corrected chi connectivity index (χ0v) is 9.92. The number of nitrogens with one attached hydrogen (secondary N) is 1. The number of carbonyl (C=O) groups is 1. The van der Waals surface area contributed by atoms with Gasteiger partial charge in [0.1, 0.15) is 11.3 Å². The van der Waals surface area contributed by atoms with Gasteiger partial charge in [-0.1, -0.05) is 0 Å². The normalized spacial score (nSPS) is 10.8. The molecule has 2 aromatic heterocycles. The van der Waals surface area contributed by atoms with E-state index >= 15 is 0 Å². The van der Waals surface area contributed by atoms with E-state index in [4.69, 9.17) is 9.15 Å². The highest BCUT2D eigenvalue weighted by Crippen LogP contribution is 2.24. The quantitative estimate of drug-likeness (QED) is 0.807. The van der Waals surface area contributed by atoms with Gasteiger partial charge in [-0.2, -0.15) is 0 Å². The summed E-state index contributed by atoms with van der Waals surface area (Å²) >= 11 is 0. The number of ether oxygens (including phenoxy) is 1. The molecule has 90 valence electrons. The van der Waals surface area contributed by atoms with E-state index in [0.29, 0.717) is 16.7 Å². The molecule has 5 heteroatoms. The fourth-order valence-electron chi connectivity index (χ4n) is 1.73. The maximum atomic E-state index is 11.7. The van der Waals surface area contributed by atoms with Gasteiger partial charge >= 0.3 is 5.97 Å². The van der Waals surface area contributed by atoms with Crippen LogP contribution in [0.5, 0.6) is 0 Å². The van der Waals surface area contributed by atoms with Crippen molar-refractivity contribution in [1.29, 1.82) is 0 Å². The average molecular weight is 235 g/mol. The van der Waals surface area contributed by atoms with E-state index in [0.717, 1.165) is 5.56 Å². The summed E-state index contributed by atoms with van der Waals surface area (Å²) in [5.41, 5.74) is 1.02. The van der Waals surface area contributed by atoms with Gasteiger partial charge in [-0.25, -0.2) is 4.79 Å². The van der Waals surface area contributed by atoms with Gasteiger partial charge in [0.25, 0.3) is 5.56 Å². The molecule has 5 nitrogen and oxygen atoms in total. The zero-order chi connectivity index (χ0) is 12.6. The van der Waals surface area contributed by atoms with Crippen LogP contribution in [0.25, 0.3) is 11.0 Å². The highest BCUT2D eigenvalue weighted by Gasteiger charge is 2.19. The fraction of sp³-hybridized carbons (Fsp3) is 0.333. The second-order valence-corrected chi connectivity index (χ2v) is 3.74. The molecule has 0 saturated carbocycles. The van der Waals surface area contributed by atoms with Crippen molar-refractivity contribution in [2.45, 2.75) is 20.8 Å². The summed E-state index contributed by atoms with van der Waals surface area (Å²) in [5, 5.41) is 0.410. The Hall–Kier alpha value is -2.04. The van der Waals surface area contributed by atoms with Crippen LogP contribution in [0.1, 0.15) is 28.6 Å². The highest BCUT2D eigenvalue weighted by molar-refractivity contribution is 6.02. The number of hydrogen-bond acceptors (Lipinski definition) is 4. The van der Waals surface area contributed by atoms with Crippen molar-refractivity contribution in [3.63, 3.8) is 0 Å². The Kier molecular flexibility index (Phi) is 2.75. The molecule has 0 fully saturated rings. The van der Waals surface area contributed by atoms with Crippen LogP contribution in [0.2, 0.25) is 0 Å². The number of aromatic amines is 1. The van der Waals surface area contributed by atoms with Crippen molar-refractivity contribution in [2.75, 3.05) is 6.61 Å². The number of hydrogen-bond donors (Lipinski definition) is 1. The van der Waals surface area contributed by atoms with Gasteiger partial charge < -0.3 is 14.1 Å². The maximum Gasteiger partial charge on any atom is 0.343 e. The van der Waals surface area contributed by atoms with Crippen molar-refractivity contribution in [3.8, 4) is 0 Å². The molecule has 2 rings (SSSR count). The minimum Gasteiger partial charge on any atom is -0.462 e. The van der Waals surface area contributed by atoms with Crippen molar-refractivity contribution in [3.05, 3.63) is 33.4 Å². The van der Waals surface area contributed by atoms with E-state index in [-0.39, 0.29) is 17.7 Å². The molecule has 0 aromatic carbocycles. The molecule has 0 unspecified atom stereocenters. The van der Waals surface area contributed by atoms with Crippen LogP contribution in [0, 0.1) is 13.8 Å². The summed E-state index contributed by atoms with van der Waals surface area (Å²) in [6.45, 7) is 5.53. The first kappa shape index (κ1) is 11.4.